The van der Waals surface area contributed by atoms with E-state index in [0.717, 1.165) is 25.7 Å². The van der Waals surface area contributed by atoms with Crippen LogP contribution in [0.5, 0.6) is 0 Å². The summed E-state index contributed by atoms with van der Waals surface area (Å²) < 4.78 is 34.0. The van der Waals surface area contributed by atoms with Crippen molar-refractivity contribution in [2.75, 3.05) is 39.8 Å². The minimum Gasteiger partial charge on any atom is -0.369 e. The third-order valence-corrected chi connectivity index (χ3v) is 6.95. The predicted molar refractivity (Wildman–Crippen MR) is 92.8 cm³/mol. The summed E-state index contributed by atoms with van der Waals surface area (Å²) in [7, 11) is -1.75. The first-order chi connectivity index (χ1) is 11.3. The first kappa shape index (κ1) is 19.6. The van der Waals surface area contributed by atoms with Crippen molar-refractivity contribution in [1.82, 2.24) is 13.5 Å². The van der Waals surface area contributed by atoms with E-state index in [4.69, 9.17) is 4.74 Å². The number of nitrogens with zero attached hydrogens (tertiary/aromatic N) is 3. The van der Waals surface area contributed by atoms with Crippen LogP contribution < -0.4 is 0 Å². The van der Waals surface area contributed by atoms with Crippen molar-refractivity contribution in [3.05, 3.63) is 0 Å². The molecule has 0 spiro atoms. The first-order valence-corrected chi connectivity index (χ1v) is 10.3. The van der Waals surface area contributed by atoms with Gasteiger partial charge in [-0.15, -0.1) is 0 Å². The molecule has 2 rings (SSSR count). The maximum atomic E-state index is 12.8. The Hall–Kier alpha value is -0.700. The summed E-state index contributed by atoms with van der Waals surface area (Å²) in [5, 5.41) is 0. The van der Waals surface area contributed by atoms with Crippen LogP contribution in [0.1, 0.15) is 46.0 Å². The topological polar surface area (TPSA) is 70.2 Å². The number of carbonyl (C=O) groups is 1. The molecule has 140 valence electrons. The Morgan fingerprint density at radius 2 is 1.71 bits per heavy atom. The van der Waals surface area contributed by atoms with Crippen LogP contribution in [0.25, 0.3) is 0 Å². The maximum Gasteiger partial charge on any atom is 0.282 e. The zero-order chi connectivity index (χ0) is 17.7. The number of hydrogen-bond acceptors (Lipinski definition) is 4. The fourth-order valence-electron chi connectivity index (χ4n) is 3.31. The van der Waals surface area contributed by atoms with E-state index in [0.29, 0.717) is 26.2 Å². The van der Waals surface area contributed by atoms with Crippen LogP contribution in [0.2, 0.25) is 0 Å². The average molecular weight is 362 g/mol. The van der Waals surface area contributed by atoms with Crippen LogP contribution >= 0.6 is 0 Å². The number of piperazine rings is 1. The fourth-order valence-corrected chi connectivity index (χ4v) is 4.89. The van der Waals surface area contributed by atoms with Crippen LogP contribution in [0.3, 0.4) is 0 Å². The highest BCUT2D eigenvalue weighted by molar-refractivity contribution is 7.86. The SMILES string of the molecule is CC(C)OCC(=O)N1CCN(S(=O)(=O)N(C)C2CCCCC2)CC1. The highest BCUT2D eigenvalue weighted by Gasteiger charge is 2.35. The summed E-state index contributed by atoms with van der Waals surface area (Å²) in [5.74, 6) is -0.0682. The molecule has 0 aromatic heterocycles. The van der Waals surface area contributed by atoms with Crippen LogP contribution in [0, 0.1) is 0 Å². The van der Waals surface area contributed by atoms with Crippen molar-refractivity contribution in [2.24, 2.45) is 0 Å². The van der Waals surface area contributed by atoms with Crippen LogP contribution in [0.4, 0.5) is 0 Å². The molecular formula is C16H31N3O4S. The molecule has 8 heteroatoms. The normalized spacial score (nSPS) is 21.6. The monoisotopic (exact) mass is 361 g/mol. The zero-order valence-corrected chi connectivity index (χ0v) is 15.9. The van der Waals surface area contributed by atoms with Crippen LogP contribution in [0.15, 0.2) is 0 Å². The van der Waals surface area contributed by atoms with E-state index in [1.165, 1.54) is 10.7 Å². The minimum absolute atomic E-state index is 0.0137. The molecule has 0 N–H and O–H groups in total. The van der Waals surface area contributed by atoms with Gasteiger partial charge in [-0.1, -0.05) is 19.3 Å². The summed E-state index contributed by atoms with van der Waals surface area (Å²) in [5.41, 5.74) is 0. The summed E-state index contributed by atoms with van der Waals surface area (Å²) in [6, 6.07) is 0.114. The van der Waals surface area contributed by atoms with Gasteiger partial charge in [0.15, 0.2) is 0 Å². The molecule has 0 bridgehead atoms. The van der Waals surface area contributed by atoms with Crippen molar-refractivity contribution < 1.29 is 17.9 Å². The lowest BCUT2D eigenvalue weighted by atomic mass is 9.96. The lowest BCUT2D eigenvalue weighted by Gasteiger charge is -2.38. The minimum atomic E-state index is -3.44. The lowest BCUT2D eigenvalue weighted by Crippen LogP contribution is -2.55. The van der Waals surface area contributed by atoms with Gasteiger partial charge < -0.3 is 9.64 Å². The molecule has 7 nitrogen and oxygen atoms in total. The molecule has 1 aliphatic carbocycles. The molecule has 0 unspecified atom stereocenters. The summed E-state index contributed by atoms with van der Waals surface area (Å²) in [6.45, 7) is 5.40. The van der Waals surface area contributed by atoms with E-state index in [2.05, 4.69) is 0 Å². The number of amides is 1. The molecule has 0 aromatic carbocycles. The molecular weight excluding hydrogens is 330 g/mol. The van der Waals surface area contributed by atoms with E-state index in [1.54, 1.807) is 16.3 Å². The Bertz CT molecular complexity index is 509. The molecule has 1 aliphatic heterocycles. The molecule has 2 aliphatic rings. The van der Waals surface area contributed by atoms with Crippen LogP contribution in [-0.4, -0.2) is 79.8 Å². The van der Waals surface area contributed by atoms with Gasteiger partial charge >= 0.3 is 0 Å². The Balaban J connectivity index is 1.87. The van der Waals surface area contributed by atoms with Gasteiger partial charge in [0.25, 0.3) is 10.2 Å². The second-order valence-corrected chi connectivity index (χ2v) is 8.94. The molecule has 24 heavy (non-hydrogen) atoms. The summed E-state index contributed by atoms with van der Waals surface area (Å²) in [6.07, 6.45) is 5.30. The molecule has 0 atom stereocenters. The van der Waals surface area contributed by atoms with E-state index in [9.17, 15) is 13.2 Å². The standard InChI is InChI=1S/C16H31N3O4S/c1-14(2)23-13-16(20)18-9-11-19(12-10-18)24(21,22)17(3)15-7-5-4-6-8-15/h14-15H,4-13H2,1-3H3. The number of ether oxygens (including phenoxy) is 1. The van der Waals surface area contributed by atoms with E-state index in [-0.39, 0.29) is 24.7 Å². The van der Waals surface area contributed by atoms with Crippen molar-refractivity contribution in [3.63, 3.8) is 0 Å². The number of hydrogen-bond donors (Lipinski definition) is 0. The first-order valence-electron chi connectivity index (χ1n) is 8.95. The Kier molecular flexibility index (Phi) is 7.03. The molecule has 0 radical (unpaired) electrons. The van der Waals surface area contributed by atoms with Gasteiger partial charge in [-0.25, -0.2) is 0 Å². The molecule has 1 amide bonds. The fraction of sp³-hybridized carbons (Fsp3) is 0.938. The van der Waals surface area contributed by atoms with Gasteiger partial charge in [-0.3, -0.25) is 4.79 Å². The van der Waals surface area contributed by atoms with E-state index in [1.807, 2.05) is 13.8 Å². The second-order valence-electron chi connectivity index (χ2n) is 6.96. The van der Waals surface area contributed by atoms with Gasteiger partial charge in [-0.05, 0) is 26.7 Å². The van der Waals surface area contributed by atoms with Gasteiger partial charge in [0, 0.05) is 39.3 Å². The zero-order valence-electron chi connectivity index (χ0n) is 15.1. The lowest BCUT2D eigenvalue weighted by molar-refractivity contribution is -0.138. The molecule has 1 saturated carbocycles. The smallest absolute Gasteiger partial charge is 0.282 e. The second kappa shape index (κ2) is 8.60. The van der Waals surface area contributed by atoms with E-state index < -0.39 is 10.2 Å². The molecule has 1 heterocycles. The Morgan fingerprint density at radius 3 is 2.25 bits per heavy atom. The van der Waals surface area contributed by atoms with Gasteiger partial charge in [0.1, 0.15) is 6.61 Å². The maximum absolute atomic E-state index is 12.8. The highest BCUT2D eigenvalue weighted by Crippen LogP contribution is 2.25. The van der Waals surface area contributed by atoms with Crippen LogP contribution in [-0.2, 0) is 19.7 Å². The Morgan fingerprint density at radius 1 is 1.12 bits per heavy atom. The number of rotatable bonds is 6. The number of carbonyl (C=O) groups excluding carboxylic acids is 1. The quantitative estimate of drug-likeness (QED) is 0.709. The average Bonchev–Trinajstić information content (AvgIpc) is 2.59. The van der Waals surface area contributed by atoms with Gasteiger partial charge in [0.05, 0.1) is 6.10 Å². The highest BCUT2D eigenvalue weighted by atomic mass is 32.2. The summed E-state index contributed by atoms with van der Waals surface area (Å²) in [4.78, 5) is 13.8. The van der Waals surface area contributed by atoms with E-state index >= 15 is 0 Å². The van der Waals surface area contributed by atoms with Crippen molar-refractivity contribution in [1.29, 1.82) is 0 Å². The molecule has 1 saturated heterocycles. The third kappa shape index (κ3) is 4.91. The van der Waals surface area contributed by atoms with Crippen molar-refractivity contribution >= 4 is 16.1 Å². The molecule has 0 aromatic rings. The largest absolute Gasteiger partial charge is 0.369 e. The predicted octanol–water partition coefficient (Wildman–Crippen LogP) is 1.06. The molecule has 2 fully saturated rings. The summed E-state index contributed by atoms with van der Waals surface area (Å²) >= 11 is 0. The van der Waals surface area contributed by atoms with Gasteiger partial charge in [0.2, 0.25) is 5.91 Å². The Labute approximate surface area is 146 Å². The van der Waals surface area contributed by atoms with Gasteiger partial charge in [-0.2, -0.15) is 17.0 Å². The third-order valence-electron chi connectivity index (χ3n) is 4.91. The van der Waals surface area contributed by atoms with Crippen molar-refractivity contribution in [2.45, 2.75) is 58.1 Å². The van der Waals surface area contributed by atoms with Crippen molar-refractivity contribution in [3.8, 4) is 0 Å².